The van der Waals surface area contributed by atoms with Gasteiger partial charge in [-0.3, -0.25) is 4.40 Å². The lowest BCUT2D eigenvalue weighted by atomic mass is 10.1. The lowest BCUT2D eigenvalue weighted by Gasteiger charge is -2.19. The predicted molar refractivity (Wildman–Crippen MR) is 119 cm³/mol. The fourth-order valence-corrected chi connectivity index (χ4v) is 5.35. The number of aromatic nitrogens is 3. The molecule has 9 heteroatoms. The second kappa shape index (κ2) is 9.18. The van der Waals surface area contributed by atoms with Crippen LogP contribution in [0.3, 0.4) is 0 Å². The molecule has 0 saturated heterocycles. The van der Waals surface area contributed by atoms with Gasteiger partial charge in [0.25, 0.3) is 0 Å². The van der Waals surface area contributed by atoms with E-state index in [9.17, 15) is 8.42 Å². The number of nitrogens with one attached hydrogen (secondary N) is 1. The van der Waals surface area contributed by atoms with E-state index in [1.54, 1.807) is 23.9 Å². The standard InChI is InChI=1S/C21H19ClN4O2S2/c22-17-9-11-18(12-10-17)30(27,28)25-19(16-6-2-1-3-7-16)13-15-29-21-24-23-20-8-4-5-14-26(20)21/h1-12,14,19,25H,13,15H2. The van der Waals surface area contributed by atoms with Crippen molar-refractivity contribution >= 4 is 39.0 Å². The van der Waals surface area contributed by atoms with E-state index >= 15 is 0 Å². The zero-order valence-electron chi connectivity index (χ0n) is 15.8. The molecule has 0 spiro atoms. The van der Waals surface area contributed by atoms with Gasteiger partial charge in [0.05, 0.1) is 4.90 Å². The van der Waals surface area contributed by atoms with Crippen molar-refractivity contribution in [2.24, 2.45) is 0 Å². The Bertz CT molecular complexity index is 1230. The number of sulfonamides is 1. The van der Waals surface area contributed by atoms with Gasteiger partial charge in [0.1, 0.15) is 0 Å². The highest BCUT2D eigenvalue weighted by Crippen LogP contribution is 2.25. The molecule has 0 saturated carbocycles. The Hall–Kier alpha value is -2.39. The van der Waals surface area contributed by atoms with Crippen LogP contribution in [0, 0.1) is 0 Å². The van der Waals surface area contributed by atoms with Crippen molar-refractivity contribution in [2.75, 3.05) is 5.75 Å². The van der Waals surface area contributed by atoms with Crippen LogP contribution in [0.15, 0.2) is 89.0 Å². The van der Waals surface area contributed by atoms with E-state index in [2.05, 4.69) is 14.9 Å². The molecule has 154 valence electrons. The van der Waals surface area contributed by atoms with E-state index in [4.69, 9.17) is 11.6 Å². The molecule has 0 aliphatic carbocycles. The van der Waals surface area contributed by atoms with Gasteiger partial charge >= 0.3 is 0 Å². The molecule has 1 atom stereocenters. The Labute approximate surface area is 184 Å². The number of hydrogen-bond acceptors (Lipinski definition) is 5. The summed E-state index contributed by atoms with van der Waals surface area (Å²) in [7, 11) is -3.69. The number of nitrogens with zero attached hydrogens (tertiary/aromatic N) is 3. The highest BCUT2D eigenvalue weighted by atomic mass is 35.5. The first-order valence-corrected chi connectivity index (χ1v) is 12.1. The normalized spacial score (nSPS) is 12.8. The van der Waals surface area contributed by atoms with Crippen LogP contribution in [-0.2, 0) is 10.0 Å². The number of thioether (sulfide) groups is 1. The van der Waals surface area contributed by atoms with Gasteiger partial charge < -0.3 is 0 Å². The Balaban J connectivity index is 1.51. The van der Waals surface area contributed by atoms with E-state index < -0.39 is 10.0 Å². The minimum Gasteiger partial charge on any atom is -0.277 e. The van der Waals surface area contributed by atoms with Gasteiger partial charge in [0.2, 0.25) is 10.0 Å². The van der Waals surface area contributed by atoms with Gasteiger partial charge in [-0.15, -0.1) is 10.2 Å². The summed E-state index contributed by atoms with van der Waals surface area (Å²) in [5.74, 6) is 0.665. The lowest BCUT2D eigenvalue weighted by molar-refractivity contribution is 0.551. The highest BCUT2D eigenvalue weighted by molar-refractivity contribution is 7.99. The van der Waals surface area contributed by atoms with E-state index in [0.717, 1.165) is 16.4 Å². The second-order valence-electron chi connectivity index (χ2n) is 6.59. The van der Waals surface area contributed by atoms with Crippen molar-refractivity contribution in [3.63, 3.8) is 0 Å². The molecule has 6 nitrogen and oxygen atoms in total. The molecule has 2 aromatic heterocycles. The van der Waals surface area contributed by atoms with Crippen LogP contribution >= 0.6 is 23.4 Å². The summed E-state index contributed by atoms with van der Waals surface area (Å²) in [4.78, 5) is 0.184. The predicted octanol–water partition coefficient (Wildman–Crippen LogP) is 4.58. The third-order valence-corrected chi connectivity index (χ3v) is 7.26. The number of hydrogen-bond donors (Lipinski definition) is 1. The summed E-state index contributed by atoms with van der Waals surface area (Å²) in [6, 6.07) is 21.1. The molecule has 30 heavy (non-hydrogen) atoms. The summed E-state index contributed by atoms with van der Waals surface area (Å²) in [6.45, 7) is 0. The maximum Gasteiger partial charge on any atom is 0.241 e. The van der Waals surface area contributed by atoms with Crippen molar-refractivity contribution in [2.45, 2.75) is 22.5 Å². The zero-order valence-corrected chi connectivity index (χ0v) is 18.2. The van der Waals surface area contributed by atoms with Crippen LogP contribution in [0.4, 0.5) is 0 Å². The van der Waals surface area contributed by atoms with E-state index in [1.807, 2.05) is 59.1 Å². The van der Waals surface area contributed by atoms with Gasteiger partial charge in [0.15, 0.2) is 10.8 Å². The maximum atomic E-state index is 12.9. The van der Waals surface area contributed by atoms with Crippen LogP contribution in [0.25, 0.3) is 5.65 Å². The fourth-order valence-electron chi connectivity index (χ4n) is 3.03. The van der Waals surface area contributed by atoms with Crippen LogP contribution in [-0.4, -0.2) is 28.8 Å². The molecule has 2 heterocycles. The number of pyridine rings is 1. The molecular formula is C21H19ClN4O2S2. The van der Waals surface area contributed by atoms with Crippen molar-refractivity contribution in [1.29, 1.82) is 0 Å². The van der Waals surface area contributed by atoms with Gasteiger partial charge in [0, 0.05) is 23.0 Å². The molecule has 1 N–H and O–H groups in total. The molecule has 2 aromatic carbocycles. The monoisotopic (exact) mass is 458 g/mol. The van der Waals surface area contributed by atoms with Gasteiger partial charge in [-0.1, -0.05) is 59.8 Å². The maximum absolute atomic E-state index is 12.9. The zero-order chi connectivity index (χ0) is 21.0. The smallest absolute Gasteiger partial charge is 0.241 e. The molecule has 0 fully saturated rings. The topological polar surface area (TPSA) is 76.4 Å². The number of benzene rings is 2. The third-order valence-electron chi connectivity index (χ3n) is 4.54. The average Bonchev–Trinajstić information content (AvgIpc) is 3.17. The SMILES string of the molecule is O=S(=O)(NC(CCSc1nnc2ccccn12)c1ccccc1)c1ccc(Cl)cc1. The quantitative estimate of drug-likeness (QED) is 0.391. The summed E-state index contributed by atoms with van der Waals surface area (Å²) < 4.78 is 30.6. The molecule has 0 aliphatic heterocycles. The average molecular weight is 459 g/mol. The largest absolute Gasteiger partial charge is 0.277 e. The van der Waals surface area contributed by atoms with Crippen LogP contribution in [0.1, 0.15) is 18.0 Å². The van der Waals surface area contributed by atoms with Crippen molar-refractivity contribution in [3.8, 4) is 0 Å². The van der Waals surface area contributed by atoms with Crippen molar-refractivity contribution in [3.05, 3.63) is 89.6 Å². The first-order valence-electron chi connectivity index (χ1n) is 9.28. The van der Waals surface area contributed by atoms with E-state index in [-0.39, 0.29) is 10.9 Å². The van der Waals surface area contributed by atoms with Gasteiger partial charge in [-0.25, -0.2) is 13.1 Å². The molecule has 4 rings (SSSR count). The highest BCUT2D eigenvalue weighted by Gasteiger charge is 2.21. The van der Waals surface area contributed by atoms with Crippen LogP contribution < -0.4 is 4.72 Å². The molecule has 1 unspecified atom stereocenters. The number of fused-ring (bicyclic) bond motifs is 1. The molecule has 0 aliphatic rings. The summed E-state index contributed by atoms with van der Waals surface area (Å²) in [5.41, 5.74) is 1.68. The van der Waals surface area contributed by atoms with Gasteiger partial charge in [-0.05, 0) is 48.4 Å². The fraction of sp³-hybridized carbons (Fsp3) is 0.143. The number of halogens is 1. The van der Waals surface area contributed by atoms with Gasteiger partial charge in [-0.2, -0.15) is 0 Å². The molecule has 0 bridgehead atoms. The van der Waals surface area contributed by atoms with E-state index in [0.29, 0.717) is 17.2 Å². The second-order valence-corrected chi connectivity index (χ2v) is 9.80. The minimum absolute atomic E-state index is 0.184. The summed E-state index contributed by atoms with van der Waals surface area (Å²) in [6.07, 6.45) is 2.50. The Morgan fingerprint density at radius 2 is 1.70 bits per heavy atom. The Morgan fingerprint density at radius 3 is 2.47 bits per heavy atom. The summed E-state index contributed by atoms with van der Waals surface area (Å²) >= 11 is 7.43. The first kappa shape index (κ1) is 20.9. The van der Waals surface area contributed by atoms with E-state index in [1.165, 1.54) is 12.1 Å². The number of rotatable bonds is 8. The first-order chi connectivity index (χ1) is 14.5. The van der Waals surface area contributed by atoms with Crippen molar-refractivity contribution in [1.82, 2.24) is 19.3 Å². The Kier molecular flexibility index (Phi) is 6.38. The summed E-state index contributed by atoms with van der Waals surface area (Å²) in [5, 5.41) is 9.64. The lowest BCUT2D eigenvalue weighted by Crippen LogP contribution is -2.29. The molecular weight excluding hydrogens is 440 g/mol. The van der Waals surface area contributed by atoms with Crippen LogP contribution in [0.2, 0.25) is 5.02 Å². The molecule has 0 radical (unpaired) electrons. The minimum atomic E-state index is -3.69. The Morgan fingerprint density at radius 1 is 0.967 bits per heavy atom. The molecule has 0 amide bonds. The van der Waals surface area contributed by atoms with Crippen LogP contribution in [0.5, 0.6) is 0 Å². The molecule has 4 aromatic rings. The van der Waals surface area contributed by atoms with Crippen molar-refractivity contribution < 1.29 is 8.42 Å². The third kappa shape index (κ3) is 4.84.